The van der Waals surface area contributed by atoms with Crippen LogP contribution in [-0.4, -0.2) is 56.0 Å². The second kappa shape index (κ2) is 11.4. The first-order chi connectivity index (χ1) is 20.1. The van der Waals surface area contributed by atoms with Gasteiger partial charge >= 0.3 is 5.69 Å². The van der Waals surface area contributed by atoms with E-state index in [0.29, 0.717) is 36.6 Å². The molecule has 0 bridgehead atoms. The van der Waals surface area contributed by atoms with Gasteiger partial charge in [-0.25, -0.2) is 27.5 Å². The quantitative estimate of drug-likeness (QED) is 0.292. The number of nitrogens with zero attached hydrogens (tertiary/aromatic N) is 6. The zero-order valence-electron chi connectivity index (χ0n) is 23.9. The maximum atomic E-state index is 15.9. The van der Waals surface area contributed by atoms with Crippen LogP contribution < -0.4 is 10.6 Å². The molecular weight excluding hydrogens is 545 g/mol. The summed E-state index contributed by atoms with van der Waals surface area (Å²) in [5.74, 6) is -1.85. The molecule has 218 valence electrons. The average molecular weight is 577 g/mol. The number of rotatable bonds is 6. The Morgan fingerprint density at radius 1 is 1.17 bits per heavy atom. The average Bonchev–Trinajstić information content (AvgIpc) is 2.96. The molecule has 42 heavy (non-hydrogen) atoms. The first kappa shape index (κ1) is 29.0. The van der Waals surface area contributed by atoms with Crippen molar-refractivity contribution in [3.8, 4) is 16.9 Å². The monoisotopic (exact) mass is 576 g/mol. The molecule has 0 spiro atoms. The molecule has 1 aromatic carbocycles. The molecule has 5 rings (SSSR count). The number of carbonyl (C=O) groups is 1. The Morgan fingerprint density at radius 2 is 1.93 bits per heavy atom. The molecule has 1 aliphatic rings. The number of benzene rings is 1. The Balaban J connectivity index is 1.84. The fourth-order valence-electron chi connectivity index (χ4n) is 5.53. The van der Waals surface area contributed by atoms with Crippen molar-refractivity contribution in [2.75, 3.05) is 24.5 Å². The van der Waals surface area contributed by atoms with E-state index in [9.17, 15) is 14.0 Å². The van der Waals surface area contributed by atoms with Gasteiger partial charge in [-0.05, 0) is 55.2 Å². The number of alkyl halides is 1. The highest BCUT2D eigenvalue weighted by Crippen LogP contribution is 2.35. The number of hydrogen-bond acceptors (Lipinski definition) is 6. The number of pyridine rings is 2. The molecule has 1 aliphatic heterocycles. The molecule has 1 fully saturated rings. The van der Waals surface area contributed by atoms with E-state index in [2.05, 4.69) is 21.5 Å². The number of hydrogen-bond donors (Lipinski definition) is 0. The standard InChI is InChI=1S/C31H31F3N6O2/c1-6-24(41)38-12-13-39(19(5)16-38)29-21-14-23(34)27(25-20(15-32)8-7-9-22(25)33)36-30(21)40(31(42)37-29)28-18(4)10-11-35-26(28)17(2)3/h6-11,14,17,19H,1,12-13,15-16H2,2-5H3/t19-/m0/s1. The summed E-state index contributed by atoms with van der Waals surface area (Å²) in [4.78, 5) is 43.1. The molecule has 3 aromatic heterocycles. The minimum Gasteiger partial charge on any atom is -0.350 e. The molecule has 0 saturated carbocycles. The Kier molecular flexibility index (Phi) is 7.85. The van der Waals surface area contributed by atoms with E-state index in [1.54, 1.807) is 17.2 Å². The van der Waals surface area contributed by atoms with Crippen molar-refractivity contribution in [2.24, 2.45) is 0 Å². The molecule has 1 atom stereocenters. The predicted molar refractivity (Wildman–Crippen MR) is 156 cm³/mol. The summed E-state index contributed by atoms with van der Waals surface area (Å²) in [5, 5.41) is 0.210. The minimum atomic E-state index is -1.04. The van der Waals surface area contributed by atoms with E-state index in [-0.39, 0.29) is 45.8 Å². The van der Waals surface area contributed by atoms with Crippen LogP contribution in [0.5, 0.6) is 0 Å². The van der Waals surface area contributed by atoms with Crippen LogP contribution in [0.2, 0.25) is 0 Å². The molecule has 0 N–H and O–H groups in total. The number of anilines is 1. The summed E-state index contributed by atoms with van der Waals surface area (Å²) >= 11 is 0. The van der Waals surface area contributed by atoms with Crippen LogP contribution in [0, 0.1) is 18.6 Å². The van der Waals surface area contributed by atoms with Crippen LogP contribution in [0.4, 0.5) is 19.0 Å². The van der Waals surface area contributed by atoms with Crippen LogP contribution in [0.1, 0.15) is 43.5 Å². The van der Waals surface area contributed by atoms with Crippen LogP contribution in [0.3, 0.4) is 0 Å². The highest BCUT2D eigenvalue weighted by Gasteiger charge is 2.31. The largest absolute Gasteiger partial charge is 0.355 e. The van der Waals surface area contributed by atoms with Gasteiger partial charge in [-0.2, -0.15) is 4.98 Å². The Morgan fingerprint density at radius 3 is 2.60 bits per heavy atom. The number of aromatic nitrogens is 4. The van der Waals surface area contributed by atoms with Crippen molar-refractivity contribution < 1.29 is 18.0 Å². The van der Waals surface area contributed by atoms with Crippen molar-refractivity contribution in [3.63, 3.8) is 0 Å². The third-order valence-corrected chi connectivity index (χ3v) is 7.59. The summed E-state index contributed by atoms with van der Waals surface area (Å²) in [6, 6.07) is 6.44. The SMILES string of the molecule is C=CC(=O)N1CCN(c2nc(=O)n(-c3c(C)ccnc3C(C)C)c3nc(-c4c(F)cccc4CF)c(F)cc23)[C@@H](C)C1. The predicted octanol–water partition coefficient (Wildman–Crippen LogP) is 5.25. The van der Waals surface area contributed by atoms with E-state index >= 15 is 8.78 Å². The topological polar surface area (TPSA) is 84.2 Å². The molecule has 0 aliphatic carbocycles. The zero-order chi connectivity index (χ0) is 30.3. The lowest BCUT2D eigenvalue weighted by Crippen LogP contribution is -2.54. The minimum absolute atomic E-state index is 0.0317. The van der Waals surface area contributed by atoms with E-state index in [0.717, 1.165) is 6.07 Å². The van der Waals surface area contributed by atoms with Gasteiger partial charge in [0, 0.05) is 37.4 Å². The lowest BCUT2D eigenvalue weighted by Gasteiger charge is -2.40. The van der Waals surface area contributed by atoms with Gasteiger partial charge in [0.2, 0.25) is 5.91 Å². The van der Waals surface area contributed by atoms with Crippen molar-refractivity contribution in [3.05, 3.63) is 88.1 Å². The first-order valence-electron chi connectivity index (χ1n) is 13.7. The summed E-state index contributed by atoms with van der Waals surface area (Å²) in [6.07, 6.45) is 2.88. The number of fused-ring (bicyclic) bond motifs is 1. The van der Waals surface area contributed by atoms with Gasteiger partial charge in [0.25, 0.3) is 0 Å². The Bertz CT molecular complexity index is 1770. The van der Waals surface area contributed by atoms with Crippen LogP contribution >= 0.6 is 0 Å². The van der Waals surface area contributed by atoms with Crippen molar-refractivity contribution in [1.29, 1.82) is 0 Å². The third-order valence-electron chi connectivity index (χ3n) is 7.59. The van der Waals surface area contributed by atoms with Crippen molar-refractivity contribution >= 4 is 22.8 Å². The normalized spacial score (nSPS) is 15.5. The number of amides is 1. The lowest BCUT2D eigenvalue weighted by atomic mass is 10.0. The Labute approximate surface area is 241 Å². The van der Waals surface area contributed by atoms with E-state index in [1.165, 1.54) is 28.8 Å². The third kappa shape index (κ3) is 4.93. The molecule has 1 amide bonds. The van der Waals surface area contributed by atoms with Gasteiger partial charge in [-0.1, -0.05) is 32.6 Å². The summed E-state index contributed by atoms with van der Waals surface area (Å²) in [7, 11) is 0. The second-order valence-corrected chi connectivity index (χ2v) is 10.7. The number of carbonyl (C=O) groups excluding carboxylic acids is 1. The van der Waals surface area contributed by atoms with Gasteiger partial charge in [-0.15, -0.1) is 0 Å². The van der Waals surface area contributed by atoms with Crippen LogP contribution in [0.25, 0.3) is 28.0 Å². The number of halogens is 3. The van der Waals surface area contributed by atoms with E-state index in [1.807, 2.05) is 32.6 Å². The maximum absolute atomic E-state index is 15.9. The van der Waals surface area contributed by atoms with Gasteiger partial charge < -0.3 is 9.80 Å². The maximum Gasteiger partial charge on any atom is 0.355 e. The summed E-state index contributed by atoms with van der Waals surface area (Å²) in [6.45, 7) is 11.0. The molecule has 4 aromatic rings. The number of aryl methyl sites for hydroxylation is 1. The number of piperazine rings is 1. The summed E-state index contributed by atoms with van der Waals surface area (Å²) in [5.41, 5.74) is 0.303. The molecule has 0 radical (unpaired) electrons. The lowest BCUT2D eigenvalue weighted by molar-refractivity contribution is -0.126. The van der Waals surface area contributed by atoms with Crippen molar-refractivity contribution in [1.82, 2.24) is 24.4 Å². The highest BCUT2D eigenvalue weighted by atomic mass is 19.1. The molecular formula is C31H31F3N6O2. The van der Waals surface area contributed by atoms with Gasteiger partial charge in [0.15, 0.2) is 5.65 Å². The Hall–Kier alpha value is -4.54. The first-order valence-corrected chi connectivity index (χ1v) is 13.7. The molecule has 8 nitrogen and oxygen atoms in total. The molecule has 1 saturated heterocycles. The molecule has 0 unspecified atom stereocenters. The smallest absolute Gasteiger partial charge is 0.350 e. The van der Waals surface area contributed by atoms with E-state index < -0.39 is 29.7 Å². The molecule has 4 heterocycles. The second-order valence-electron chi connectivity index (χ2n) is 10.7. The molecule has 11 heteroatoms. The van der Waals surface area contributed by atoms with Gasteiger partial charge in [0.05, 0.1) is 16.8 Å². The highest BCUT2D eigenvalue weighted by molar-refractivity contribution is 5.91. The fraction of sp³-hybridized carbons (Fsp3) is 0.323. The van der Waals surface area contributed by atoms with E-state index in [4.69, 9.17) is 0 Å². The fourth-order valence-corrected chi connectivity index (χ4v) is 5.53. The van der Waals surface area contributed by atoms with Crippen LogP contribution in [0.15, 0.2) is 54.0 Å². The summed E-state index contributed by atoms with van der Waals surface area (Å²) < 4.78 is 46.2. The van der Waals surface area contributed by atoms with Gasteiger partial charge in [0.1, 0.15) is 29.8 Å². The zero-order valence-corrected chi connectivity index (χ0v) is 23.9. The van der Waals surface area contributed by atoms with Gasteiger partial charge in [-0.3, -0.25) is 9.78 Å². The van der Waals surface area contributed by atoms with Crippen LogP contribution in [-0.2, 0) is 11.5 Å². The van der Waals surface area contributed by atoms with Crippen molar-refractivity contribution in [2.45, 2.75) is 46.3 Å².